The number of nitrogens with zero attached hydrogens (tertiary/aromatic N) is 2. The van der Waals surface area contributed by atoms with Crippen molar-refractivity contribution in [2.45, 2.75) is 31.1 Å². The molecule has 0 radical (unpaired) electrons. The minimum absolute atomic E-state index is 0.00970. The minimum atomic E-state index is -3.37. The van der Waals surface area contributed by atoms with Crippen molar-refractivity contribution < 1.29 is 8.42 Å². The van der Waals surface area contributed by atoms with E-state index in [0.717, 1.165) is 28.8 Å². The molecular formula is C18H23N3O2S. The van der Waals surface area contributed by atoms with Crippen LogP contribution in [0.5, 0.6) is 0 Å². The van der Waals surface area contributed by atoms with Gasteiger partial charge in [-0.25, -0.2) is 8.42 Å². The average molecular weight is 345 g/mol. The quantitative estimate of drug-likeness (QED) is 0.900. The van der Waals surface area contributed by atoms with E-state index in [1.165, 1.54) is 12.8 Å². The molecule has 24 heavy (non-hydrogen) atoms. The Labute approximate surface area is 142 Å². The summed E-state index contributed by atoms with van der Waals surface area (Å²) in [5, 5.41) is 0.968. The summed E-state index contributed by atoms with van der Waals surface area (Å²) in [7, 11) is -3.37. The van der Waals surface area contributed by atoms with Crippen LogP contribution in [0.4, 0.5) is 0 Å². The number of aromatic nitrogens is 1. The fraction of sp³-hybridized carbons (Fsp3) is 0.500. The van der Waals surface area contributed by atoms with Gasteiger partial charge in [-0.05, 0) is 29.9 Å². The van der Waals surface area contributed by atoms with Crippen molar-refractivity contribution in [3.8, 4) is 0 Å². The molecule has 0 unspecified atom stereocenters. The Morgan fingerprint density at radius 3 is 2.75 bits per heavy atom. The Morgan fingerprint density at radius 1 is 1.17 bits per heavy atom. The number of fused-ring (bicyclic) bond motifs is 1. The van der Waals surface area contributed by atoms with Crippen molar-refractivity contribution in [3.63, 3.8) is 0 Å². The van der Waals surface area contributed by atoms with Crippen molar-refractivity contribution in [3.05, 3.63) is 42.1 Å². The van der Waals surface area contributed by atoms with E-state index in [2.05, 4.69) is 4.98 Å². The molecule has 0 amide bonds. The smallest absolute Gasteiger partial charge is 0.218 e. The van der Waals surface area contributed by atoms with Crippen molar-refractivity contribution >= 4 is 20.9 Å². The number of sulfonamides is 1. The van der Waals surface area contributed by atoms with Crippen molar-refractivity contribution in [1.29, 1.82) is 0 Å². The van der Waals surface area contributed by atoms with Gasteiger partial charge in [-0.2, -0.15) is 4.31 Å². The third-order valence-electron chi connectivity index (χ3n) is 5.24. The van der Waals surface area contributed by atoms with E-state index in [1.54, 1.807) is 10.5 Å². The Morgan fingerprint density at radius 2 is 1.96 bits per heavy atom. The topological polar surface area (TPSA) is 76.3 Å². The normalized spacial score (nSPS) is 25.4. The zero-order valence-corrected chi connectivity index (χ0v) is 14.5. The van der Waals surface area contributed by atoms with Crippen LogP contribution in [0.2, 0.25) is 0 Å². The number of nitrogens with two attached hydrogens (primary N) is 1. The maximum Gasteiger partial charge on any atom is 0.218 e. The molecule has 0 bridgehead atoms. The van der Waals surface area contributed by atoms with Crippen molar-refractivity contribution in [2.75, 3.05) is 13.1 Å². The molecule has 2 fully saturated rings. The Bertz CT molecular complexity index is 843. The fourth-order valence-corrected chi connectivity index (χ4v) is 5.31. The van der Waals surface area contributed by atoms with Crippen LogP contribution in [0.15, 0.2) is 36.5 Å². The third-order valence-corrected chi connectivity index (χ3v) is 7.00. The number of para-hydroxylation sites is 1. The average Bonchev–Trinajstić information content (AvgIpc) is 3.29. The number of rotatable bonds is 5. The molecule has 2 heterocycles. The van der Waals surface area contributed by atoms with E-state index in [1.807, 2.05) is 30.3 Å². The highest BCUT2D eigenvalue weighted by atomic mass is 32.2. The first-order chi connectivity index (χ1) is 11.5. The monoisotopic (exact) mass is 345 g/mol. The lowest BCUT2D eigenvalue weighted by atomic mass is 9.98. The van der Waals surface area contributed by atoms with E-state index >= 15 is 0 Å². The molecule has 2 aliphatic rings. The van der Waals surface area contributed by atoms with Crippen LogP contribution in [0.3, 0.4) is 0 Å². The lowest BCUT2D eigenvalue weighted by molar-refractivity contribution is 0.425. The molecule has 128 valence electrons. The molecule has 1 aromatic heterocycles. The Hall–Kier alpha value is -1.50. The molecule has 1 aromatic carbocycles. The Kier molecular flexibility index (Phi) is 4.06. The second-order valence-electron chi connectivity index (χ2n) is 7.17. The standard InChI is InChI=1S/C18H23N3O2S/c19-17-11-21(10-16(17)9-13-6-7-13)24(22,23)12-15-4-1-3-14-5-2-8-20-18(14)15/h1-5,8,13,16-17H,6-7,9-12,19H2/t16-,17-/m1/s1. The lowest BCUT2D eigenvalue weighted by Gasteiger charge is -2.17. The number of pyridine rings is 1. The number of benzene rings is 1. The summed E-state index contributed by atoms with van der Waals surface area (Å²) in [5.74, 6) is 1.06. The second-order valence-corrected chi connectivity index (χ2v) is 9.14. The Balaban J connectivity index is 1.54. The molecule has 1 aliphatic carbocycles. The molecule has 6 heteroatoms. The molecule has 1 aliphatic heterocycles. The first-order valence-electron chi connectivity index (χ1n) is 8.59. The van der Waals surface area contributed by atoms with Gasteiger partial charge >= 0.3 is 0 Å². The van der Waals surface area contributed by atoms with Gasteiger partial charge in [-0.15, -0.1) is 0 Å². The van der Waals surface area contributed by atoms with Crippen LogP contribution < -0.4 is 5.73 Å². The maximum absolute atomic E-state index is 12.9. The van der Waals surface area contributed by atoms with Crippen LogP contribution in [0.25, 0.3) is 10.9 Å². The summed E-state index contributed by atoms with van der Waals surface area (Å²) in [5.41, 5.74) is 7.73. The number of hydrogen-bond donors (Lipinski definition) is 1. The fourth-order valence-electron chi connectivity index (χ4n) is 3.69. The SMILES string of the molecule is N[C@@H]1CN(S(=O)(=O)Cc2cccc3cccnc23)C[C@H]1CC1CC1. The summed E-state index contributed by atoms with van der Waals surface area (Å²) >= 11 is 0. The summed E-state index contributed by atoms with van der Waals surface area (Å²) in [4.78, 5) is 4.36. The van der Waals surface area contributed by atoms with E-state index in [0.29, 0.717) is 19.0 Å². The predicted molar refractivity (Wildman–Crippen MR) is 94.7 cm³/mol. The molecule has 0 spiro atoms. The van der Waals surface area contributed by atoms with Gasteiger partial charge in [-0.3, -0.25) is 4.98 Å². The molecule has 1 saturated carbocycles. The highest BCUT2D eigenvalue weighted by molar-refractivity contribution is 7.88. The summed E-state index contributed by atoms with van der Waals surface area (Å²) in [6.07, 6.45) is 5.33. The van der Waals surface area contributed by atoms with E-state index in [4.69, 9.17) is 5.73 Å². The van der Waals surface area contributed by atoms with Crippen molar-refractivity contribution in [2.24, 2.45) is 17.6 Å². The van der Waals surface area contributed by atoms with Gasteiger partial charge < -0.3 is 5.73 Å². The zero-order valence-electron chi connectivity index (χ0n) is 13.6. The van der Waals surface area contributed by atoms with Crippen LogP contribution in [0, 0.1) is 11.8 Å². The van der Waals surface area contributed by atoms with Gasteiger partial charge in [0.1, 0.15) is 0 Å². The summed E-state index contributed by atoms with van der Waals surface area (Å²) in [6, 6.07) is 9.48. The van der Waals surface area contributed by atoms with Crippen LogP contribution in [-0.4, -0.2) is 36.8 Å². The predicted octanol–water partition coefficient (Wildman–Crippen LogP) is 2.12. The zero-order chi connectivity index (χ0) is 16.7. The van der Waals surface area contributed by atoms with E-state index < -0.39 is 10.0 Å². The van der Waals surface area contributed by atoms with E-state index in [9.17, 15) is 8.42 Å². The van der Waals surface area contributed by atoms with Crippen LogP contribution in [-0.2, 0) is 15.8 Å². The van der Waals surface area contributed by atoms with Crippen LogP contribution in [0.1, 0.15) is 24.8 Å². The van der Waals surface area contributed by atoms with Gasteiger partial charge in [0.15, 0.2) is 0 Å². The van der Waals surface area contributed by atoms with Gasteiger partial charge in [0.2, 0.25) is 10.0 Å². The minimum Gasteiger partial charge on any atom is -0.326 e. The maximum atomic E-state index is 12.9. The second kappa shape index (κ2) is 6.10. The first-order valence-corrected chi connectivity index (χ1v) is 10.2. The van der Waals surface area contributed by atoms with Gasteiger partial charge in [-0.1, -0.05) is 37.1 Å². The summed E-state index contributed by atoms with van der Waals surface area (Å²) < 4.78 is 27.4. The highest BCUT2D eigenvalue weighted by Gasteiger charge is 2.39. The lowest BCUT2D eigenvalue weighted by Crippen LogP contribution is -2.33. The largest absolute Gasteiger partial charge is 0.326 e. The molecule has 5 nitrogen and oxygen atoms in total. The van der Waals surface area contributed by atoms with Crippen LogP contribution >= 0.6 is 0 Å². The molecule has 2 N–H and O–H groups in total. The highest BCUT2D eigenvalue weighted by Crippen LogP contribution is 2.38. The van der Waals surface area contributed by atoms with Gasteiger partial charge in [0.25, 0.3) is 0 Å². The van der Waals surface area contributed by atoms with Gasteiger partial charge in [0, 0.05) is 30.7 Å². The van der Waals surface area contributed by atoms with E-state index in [-0.39, 0.29) is 11.8 Å². The van der Waals surface area contributed by atoms with Gasteiger partial charge in [0.05, 0.1) is 11.3 Å². The molecule has 4 rings (SSSR count). The first kappa shape index (κ1) is 16.0. The third kappa shape index (κ3) is 3.18. The molecule has 2 aromatic rings. The number of hydrogen-bond acceptors (Lipinski definition) is 4. The molecular weight excluding hydrogens is 322 g/mol. The molecule has 1 saturated heterocycles. The molecule has 2 atom stereocenters. The van der Waals surface area contributed by atoms with Crippen molar-refractivity contribution in [1.82, 2.24) is 9.29 Å². The summed E-state index contributed by atoms with van der Waals surface area (Å²) in [6.45, 7) is 1.01.